The van der Waals surface area contributed by atoms with Crippen LogP contribution < -0.4 is 29.6 Å². The van der Waals surface area contributed by atoms with Gasteiger partial charge in [0.2, 0.25) is 5.91 Å². The molecule has 0 saturated heterocycles. The molecule has 0 heterocycles. The van der Waals surface area contributed by atoms with Gasteiger partial charge in [-0.1, -0.05) is 12.1 Å². The lowest BCUT2D eigenvalue weighted by molar-refractivity contribution is -0.134. The second kappa shape index (κ2) is 16.0. The summed E-state index contributed by atoms with van der Waals surface area (Å²) in [4.78, 5) is 57.6. The quantitative estimate of drug-likeness (QED) is 0.263. The molecule has 0 radical (unpaired) electrons. The molecular weight excluding hydrogens is 520 g/mol. The van der Waals surface area contributed by atoms with Crippen molar-refractivity contribution in [3.63, 3.8) is 0 Å². The Morgan fingerprint density at radius 3 is 1.52 bits per heavy atom. The van der Waals surface area contributed by atoms with Gasteiger partial charge in [0.25, 0.3) is 0 Å². The molecule has 11 nitrogen and oxygen atoms in total. The number of amides is 1. The average Bonchev–Trinajstić information content (AvgIpc) is 2.84. The molecule has 0 aliphatic carbocycles. The van der Waals surface area contributed by atoms with Gasteiger partial charge >= 0.3 is 23.9 Å². The Morgan fingerprint density at radius 1 is 0.650 bits per heavy atom. The second-order valence-corrected chi connectivity index (χ2v) is 9.18. The van der Waals surface area contributed by atoms with Crippen LogP contribution in [-0.2, 0) is 36.8 Å². The van der Waals surface area contributed by atoms with Crippen molar-refractivity contribution in [1.29, 1.82) is 0 Å². The Labute approximate surface area is 233 Å². The molecule has 0 saturated carbocycles. The first-order valence-corrected chi connectivity index (χ1v) is 12.9. The Bertz CT molecular complexity index is 1230. The molecule has 0 aliphatic heterocycles. The zero-order chi connectivity index (χ0) is 29.7. The number of hydrogen-bond donors (Lipinski definition) is 2. The molecule has 2 rings (SSSR count). The highest BCUT2D eigenvalue weighted by Crippen LogP contribution is 2.30. The molecule has 0 fully saturated rings. The fourth-order valence-electron chi connectivity index (χ4n) is 3.71. The molecule has 2 N–H and O–H groups in total. The van der Waals surface area contributed by atoms with Gasteiger partial charge in [0.05, 0.1) is 0 Å². The van der Waals surface area contributed by atoms with Crippen LogP contribution in [0.1, 0.15) is 58.6 Å². The van der Waals surface area contributed by atoms with Crippen molar-refractivity contribution < 1.29 is 42.9 Å². The van der Waals surface area contributed by atoms with Gasteiger partial charge < -0.3 is 29.6 Å². The van der Waals surface area contributed by atoms with Crippen molar-refractivity contribution in [1.82, 2.24) is 10.6 Å². The topological polar surface area (TPSA) is 146 Å². The van der Waals surface area contributed by atoms with E-state index in [1.54, 1.807) is 36.4 Å². The Kier molecular flexibility index (Phi) is 12.8. The molecule has 216 valence electrons. The van der Waals surface area contributed by atoms with Crippen molar-refractivity contribution >= 4 is 29.8 Å². The fraction of sp³-hybridized carbons (Fsp3) is 0.414. The largest absolute Gasteiger partial charge is 0.423 e. The van der Waals surface area contributed by atoms with Gasteiger partial charge in [-0.25, -0.2) is 0 Å². The summed E-state index contributed by atoms with van der Waals surface area (Å²) >= 11 is 0. The van der Waals surface area contributed by atoms with Crippen LogP contribution in [0.2, 0.25) is 0 Å². The van der Waals surface area contributed by atoms with Crippen LogP contribution in [0, 0.1) is 0 Å². The maximum atomic E-state index is 12.3. The number of hydrogen-bond acceptors (Lipinski definition) is 10. The SMILES string of the molecule is CC(=O)Oc1ccc(CCNC(=O)CCC(C)NCCc2ccc(OC(C)=O)c(OC(C)=O)c2)cc1OC(C)=O. The molecule has 2 aromatic rings. The van der Waals surface area contributed by atoms with Crippen LogP contribution in [-0.4, -0.2) is 48.9 Å². The van der Waals surface area contributed by atoms with Crippen LogP contribution in [0.15, 0.2) is 36.4 Å². The molecule has 0 spiro atoms. The van der Waals surface area contributed by atoms with Crippen LogP contribution in [0.4, 0.5) is 0 Å². The van der Waals surface area contributed by atoms with Gasteiger partial charge in [-0.2, -0.15) is 0 Å². The van der Waals surface area contributed by atoms with Crippen molar-refractivity contribution in [3.8, 4) is 23.0 Å². The van der Waals surface area contributed by atoms with Gasteiger partial charge in [0.15, 0.2) is 23.0 Å². The summed E-state index contributed by atoms with van der Waals surface area (Å²) in [6, 6.07) is 10.0. The summed E-state index contributed by atoms with van der Waals surface area (Å²) in [5.41, 5.74) is 1.70. The van der Waals surface area contributed by atoms with Gasteiger partial charge in [-0.15, -0.1) is 0 Å². The van der Waals surface area contributed by atoms with E-state index in [1.165, 1.54) is 27.7 Å². The maximum Gasteiger partial charge on any atom is 0.308 e. The predicted octanol–water partition coefficient (Wildman–Crippen LogP) is 3.05. The molecule has 2 aromatic carbocycles. The van der Waals surface area contributed by atoms with Crippen LogP contribution >= 0.6 is 0 Å². The van der Waals surface area contributed by atoms with E-state index < -0.39 is 23.9 Å². The third-order valence-corrected chi connectivity index (χ3v) is 5.48. The molecule has 0 bridgehead atoms. The summed E-state index contributed by atoms with van der Waals surface area (Å²) < 4.78 is 20.4. The third kappa shape index (κ3) is 12.1. The number of carbonyl (C=O) groups is 5. The van der Waals surface area contributed by atoms with E-state index in [0.29, 0.717) is 38.8 Å². The van der Waals surface area contributed by atoms with E-state index in [1.807, 2.05) is 6.92 Å². The maximum absolute atomic E-state index is 12.3. The smallest absolute Gasteiger partial charge is 0.308 e. The van der Waals surface area contributed by atoms with Crippen molar-refractivity contribution in [3.05, 3.63) is 47.5 Å². The van der Waals surface area contributed by atoms with E-state index in [2.05, 4.69) is 10.6 Å². The van der Waals surface area contributed by atoms with Gasteiger partial charge in [-0.05, 0) is 68.1 Å². The Morgan fingerprint density at radius 2 is 1.07 bits per heavy atom. The minimum absolute atomic E-state index is 0.0825. The van der Waals surface area contributed by atoms with Crippen molar-refractivity contribution in [2.24, 2.45) is 0 Å². The standard InChI is InChI=1S/C29H36N2O9/c1-18(30-14-12-23-7-9-25(37-19(2)32)27(16-23)39-21(4)34)6-11-29(36)31-15-13-24-8-10-26(38-20(3)33)28(17-24)40-22(5)35/h7-10,16-18,30H,6,11-15H2,1-5H3,(H,31,36). The summed E-state index contributed by atoms with van der Waals surface area (Å²) in [6.45, 7) is 8.06. The first-order valence-electron chi connectivity index (χ1n) is 12.9. The number of ether oxygens (including phenoxy) is 4. The minimum atomic E-state index is -0.537. The zero-order valence-corrected chi connectivity index (χ0v) is 23.5. The monoisotopic (exact) mass is 556 g/mol. The lowest BCUT2D eigenvalue weighted by Crippen LogP contribution is -2.31. The number of rotatable bonds is 14. The van der Waals surface area contributed by atoms with E-state index >= 15 is 0 Å². The number of benzene rings is 2. The van der Waals surface area contributed by atoms with E-state index in [0.717, 1.165) is 11.1 Å². The normalized spacial score (nSPS) is 11.2. The van der Waals surface area contributed by atoms with Gasteiger partial charge in [-0.3, -0.25) is 24.0 Å². The molecule has 11 heteroatoms. The molecule has 1 amide bonds. The molecular formula is C29H36N2O9. The van der Waals surface area contributed by atoms with Gasteiger partial charge in [0, 0.05) is 46.7 Å². The van der Waals surface area contributed by atoms with Crippen molar-refractivity contribution in [2.75, 3.05) is 13.1 Å². The molecule has 40 heavy (non-hydrogen) atoms. The summed E-state index contributed by atoms with van der Waals surface area (Å²) in [5, 5.41) is 6.24. The fourth-order valence-corrected chi connectivity index (χ4v) is 3.71. The lowest BCUT2D eigenvalue weighted by atomic mass is 10.1. The zero-order valence-electron chi connectivity index (χ0n) is 23.5. The van der Waals surface area contributed by atoms with Crippen LogP contribution in [0.5, 0.6) is 23.0 Å². The molecule has 1 atom stereocenters. The number of esters is 4. The first-order chi connectivity index (χ1) is 18.9. The highest BCUT2D eigenvalue weighted by Gasteiger charge is 2.13. The Balaban J connectivity index is 1.76. The molecule has 0 aromatic heterocycles. The summed E-state index contributed by atoms with van der Waals surface area (Å²) in [6.07, 6.45) is 2.10. The predicted molar refractivity (Wildman–Crippen MR) is 145 cm³/mol. The summed E-state index contributed by atoms with van der Waals surface area (Å²) in [7, 11) is 0. The minimum Gasteiger partial charge on any atom is -0.423 e. The van der Waals surface area contributed by atoms with Crippen molar-refractivity contribution in [2.45, 2.75) is 66.3 Å². The molecule has 0 aliphatic rings. The highest BCUT2D eigenvalue weighted by atomic mass is 16.6. The van der Waals surface area contributed by atoms with E-state index in [-0.39, 0.29) is 34.9 Å². The van der Waals surface area contributed by atoms with Gasteiger partial charge in [0.1, 0.15) is 0 Å². The Hall–Kier alpha value is -4.25. The lowest BCUT2D eigenvalue weighted by Gasteiger charge is -2.15. The number of carbonyl (C=O) groups excluding carboxylic acids is 5. The number of nitrogens with one attached hydrogen (secondary N) is 2. The van der Waals surface area contributed by atoms with Crippen LogP contribution in [0.3, 0.4) is 0 Å². The second-order valence-electron chi connectivity index (χ2n) is 9.18. The van der Waals surface area contributed by atoms with E-state index in [4.69, 9.17) is 18.9 Å². The third-order valence-electron chi connectivity index (χ3n) is 5.48. The first kappa shape index (κ1) is 32.0. The molecule has 1 unspecified atom stereocenters. The van der Waals surface area contributed by atoms with Crippen LogP contribution in [0.25, 0.3) is 0 Å². The highest BCUT2D eigenvalue weighted by molar-refractivity contribution is 5.76. The summed E-state index contributed by atoms with van der Waals surface area (Å²) in [5.74, 6) is -1.50. The van der Waals surface area contributed by atoms with E-state index in [9.17, 15) is 24.0 Å². The average molecular weight is 557 g/mol.